The highest BCUT2D eigenvalue weighted by molar-refractivity contribution is 5.92. The lowest BCUT2D eigenvalue weighted by Crippen LogP contribution is -2.58. The number of rotatable bonds is 3. The van der Waals surface area contributed by atoms with Crippen molar-refractivity contribution < 1.29 is 9.50 Å². The Labute approximate surface area is 176 Å². The summed E-state index contributed by atoms with van der Waals surface area (Å²) in [5.74, 6) is -0.105. The molecule has 1 saturated heterocycles. The van der Waals surface area contributed by atoms with E-state index in [2.05, 4.69) is 33.7 Å². The largest absolute Gasteiger partial charge is 0.384 e. The van der Waals surface area contributed by atoms with Crippen molar-refractivity contribution in [3.8, 4) is 11.3 Å². The minimum absolute atomic E-state index is 0.114. The zero-order chi connectivity index (χ0) is 21.0. The highest BCUT2D eigenvalue weighted by Crippen LogP contribution is 2.44. The molecule has 4 heterocycles. The molecule has 0 bridgehead atoms. The Bertz CT molecular complexity index is 1080. The Kier molecular flexibility index (Phi) is 4.67. The third-order valence-corrected chi connectivity index (χ3v) is 7.45. The number of pyridine rings is 2. The number of aryl methyl sites for hydroxylation is 1. The van der Waals surface area contributed by atoms with Gasteiger partial charge in [-0.15, -0.1) is 0 Å². The number of aromatic amines is 1. The number of likely N-dealkylation sites (tertiary alicyclic amines) is 1. The third-order valence-electron chi connectivity index (χ3n) is 7.45. The molecule has 1 saturated carbocycles. The first-order valence-corrected chi connectivity index (χ1v) is 10.9. The van der Waals surface area contributed by atoms with Gasteiger partial charge in [0.25, 0.3) is 0 Å². The smallest absolute Gasteiger partial charge is 0.150 e. The summed E-state index contributed by atoms with van der Waals surface area (Å²) < 4.78 is 14.3. The van der Waals surface area contributed by atoms with Crippen LogP contribution in [-0.4, -0.2) is 44.1 Å². The van der Waals surface area contributed by atoms with Crippen LogP contribution in [0.5, 0.6) is 0 Å². The molecule has 3 aromatic rings. The van der Waals surface area contributed by atoms with Crippen molar-refractivity contribution in [3.05, 3.63) is 47.7 Å². The normalized spacial score (nSPS) is 28.0. The molecular formula is C24H29FN4O. The number of aromatic nitrogens is 3. The van der Waals surface area contributed by atoms with Crippen LogP contribution in [-0.2, 0) is 5.60 Å². The minimum Gasteiger partial charge on any atom is -0.384 e. The molecule has 30 heavy (non-hydrogen) atoms. The number of aliphatic hydroxyl groups is 1. The predicted octanol–water partition coefficient (Wildman–Crippen LogP) is 4.40. The average Bonchev–Trinajstić information content (AvgIpc) is 3.06. The van der Waals surface area contributed by atoms with Crippen LogP contribution in [0.2, 0.25) is 0 Å². The van der Waals surface area contributed by atoms with Gasteiger partial charge in [0.15, 0.2) is 5.82 Å². The number of nitrogens with zero attached hydrogens (tertiary/aromatic N) is 3. The number of piperidine rings is 1. The molecule has 3 aromatic heterocycles. The molecule has 0 radical (unpaired) electrons. The minimum atomic E-state index is -0.914. The second-order valence-electron chi connectivity index (χ2n) is 9.27. The Balaban J connectivity index is 1.51. The van der Waals surface area contributed by atoms with E-state index in [-0.39, 0.29) is 17.7 Å². The predicted molar refractivity (Wildman–Crippen MR) is 115 cm³/mol. The molecule has 5 rings (SSSR count). The lowest BCUT2D eigenvalue weighted by Gasteiger charge is -2.52. The second-order valence-corrected chi connectivity index (χ2v) is 9.27. The fourth-order valence-corrected chi connectivity index (χ4v) is 5.48. The van der Waals surface area contributed by atoms with Gasteiger partial charge < -0.3 is 10.1 Å². The van der Waals surface area contributed by atoms with Gasteiger partial charge in [0.1, 0.15) is 5.65 Å². The van der Waals surface area contributed by atoms with E-state index in [0.29, 0.717) is 28.3 Å². The lowest BCUT2D eigenvalue weighted by molar-refractivity contribution is -0.126. The van der Waals surface area contributed by atoms with Crippen LogP contribution in [0.4, 0.5) is 4.39 Å². The molecule has 2 N–H and O–H groups in total. The molecule has 1 aliphatic carbocycles. The SMILES string of the molecule is Cc1cc(-c2ccnc3[nH]cc(F)c23)ncc1[C@@]1(O)[C@H](C)CN(C2CCC2)C[C@@H]1C. The van der Waals surface area contributed by atoms with Crippen LogP contribution in [0, 0.1) is 24.6 Å². The van der Waals surface area contributed by atoms with E-state index in [0.717, 1.165) is 24.2 Å². The number of halogens is 1. The van der Waals surface area contributed by atoms with E-state index in [1.807, 2.05) is 13.0 Å². The van der Waals surface area contributed by atoms with Gasteiger partial charge in [0.05, 0.1) is 16.7 Å². The number of hydrogen-bond acceptors (Lipinski definition) is 4. The molecule has 158 valence electrons. The highest BCUT2D eigenvalue weighted by atomic mass is 19.1. The fourth-order valence-electron chi connectivity index (χ4n) is 5.48. The summed E-state index contributed by atoms with van der Waals surface area (Å²) in [5.41, 5.74) is 2.87. The van der Waals surface area contributed by atoms with E-state index in [9.17, 15) is 9.50 Å². The quantitative estimate of drug-likeness (QED) is 0.674. The molecule has 2 fully saturated rings. The van der Waals surface area contributed by atoms with Crippen molar-refractivity contribution in [3.63, 3.8) is 0 Å². The van der Waals surface area contributed by atoms with Crippen molar-refractivity contribution in [2.45, 2.75) is 51.7 Å². The Morgan fingerprint density at radius 3 is 2.57 bits per heavy atom. The third kappa shape index (κ3) is 2.88. The van der Waals surface area contributed by atoms with Gasteiger partial charge in [-0.05, 0) is 37.5 Å². The van der Waals surface area contributed by atoms with Crippen LogP contribution in [0.3, 0.4) is 0 Å². The fraction of sp³-hybridized carbons (Fsp3) is 0.500. The van der Waals surface area contributed by atoms with Crippen LogP contribution < -0.4 is 0 Å². The van der Waals surface area contributed by atoms with E-state index in [1.165, 1.54) is 25.5 Å². The van der Waals surface area contributed by atoms with Gasteiger partial charge in [-0.25, -0.2) is 9.37 Å². The number of H-pyrrole nitrogens is 1. The first-order valence-electron chi connectivity index (χ1n) is 10.9. The first-order chi connectivity index (χ1) is 14.4. The maximum absolute atomic E-state index is 14.3. The van der Waals surface area contributed by atoms with Gasteiger partial charge >= 0.3 is 0 Å². The van der Waals surface area contributed by atoms with Gasteiger partial charge in [0, 0.05) is 60.7 Å². The summed E-state index contributed by atoms with van der Waals surface area (Å²) in [6, 6.07) is 4.44. The van der Waals surface area contributed by atoms with Crippen molar-refractivity contribution in [1.29, 1.82) is 0 Å². The summed E-state index contributed by atoms with van der Waals surface area (Å²) in [4.78, 5) is 14.3. The molecule has 0 spiro atoms. The zero-order valence-corrected chi connectivity index (χ0v) is 17.8. The van der Waals surface area contributed by atoms with Gasteiger partial charge in [-0.2, -0.15) is 0 Å². The van der Waals surface area contributed by atoms with Gasteiger partial charge in [-0.1, -0.05) is 20.3 Å². The molecule has 3 atom stereocenters. The Hall–Kier alpha value is -2.31. The van der Waals surface area contributed by atoms with E-state index in [1.54, 1.807) is 18.5 Å². The topological polar surface area (TPSA) is 65.0 Å². The summed E-state index contributed by atoms with van der Waals surface area (Å²) in [6.07, 6.45) is 8.67. The van der Waals surface area contributed by atoms with Crippen molar-refractivity contribution in [2.24, 2.45) is 11.8 Å². The standard InChI is InChI=1S/C24H29FN4O/c1-14-9-21(18-7-8-26-23-22(18)20(25)11-28-23)27-10-19(14)24(30)15(2)12-29(13-16(24)3)17-5-4-6-17/h7-11,15-17,30H,4-6,12-13H2,1-3H3,(H,26,28)/t15-,16+,24-. The molecular weight excluding hydrogens is 379 g/mol. The summed E-state index contributed by atoms with van der Waals surface area (Å²) in [5, 5.41) is 12.3. The average molecular weight is 409 g/mol. The monoisotopic (exact) mass is 408 g/mol. The molecule has 6 heteroatoms. The molecule has 0 aromatic carbocycles. The highest BCUT2D eigenvalue weighted by Gasteiger charge is 2.48. The van der Waals surface area contributed by atoms with E-state index >= 15 is 0 Å². The molecule has 1 aliphatic heterocycles. The number of hydrogen-bond donors (Lipinski definition) is 2. The van der Waals surface area contributed by atoms with E-state index < -0.39 is 5.60 Å². The molecule has 0 unspecified atom stereocenters. The van der Waals surface area contributed by atoms with Crippen molar-refractivity contribution in [1.82, 2.24) is 19.9 Å². The van der Waals surface area contributed by atoms with Crippen molar-refractivity contribution in [2.75, 3.05) is 13.1 Å². The Morgan fingerprint density at radius 1 is 1.20 bits per heavy atom. The Morgan fingerprint density at radius 2 is 1.93 bits per heavy atom. The van der Waals surface area contributed by atoms with Crippen molar-refractivity contribution >= 4 is 11.0 Å². The zero-order valence-electron chi connectivity index (χ0n) is 17.8. The number of nitrogens with one attached hydrogen (secondary N) is 1. The first kappa shape index (κ1) is 19.6. The maximum atomic E-state index is 14.3. The molecule has 2 aliphatic rings. The molecule has 0 amide bonds. The van der Waals surface area contributed by atoms with Crippen LogP contribution in [0.15, 0.2) is 30.7 Å². The van der Waals surface area contributed by atoms with Gasteiger partial charge in [-0.3, -0.25) is 9.88 Å². The van der Waals surface area contributed by atoms with E-state index in [4.69, 9.17) is 0 Å². The molecule has 5 nitrogen and oxygen atoms in total. The van der Waals surface area contributed by atoms with Crippen LogP contribution in [0.25, 0.3) is 22.3 Å². The number of fused-ring (bicyclic) bond motifs is 1. The van der Waals surface area contributed by atoms with Crippen LogP contribution in [0.1, 0.15) is 44.2 Å². The van der Waals surface area contributed by atoms with Gasteiger partial charge in [0.2, 0.25) is 0 Å². The lowest BCUT2D eigenvalue weighted by atomic mass is 9.69. The second kappa shape index (κ2) is 7.13. The summed E-state index contributed by atoms with van der Waals surface area (Å²) in [7, 11) is 0. The summed E-state index contributed by atoms with van der Waals surface area (Å²) in [6.45, 7) is 8.13. The van der Waals surface area contributed by atoms with Crippen LogP contribution >= 0.6 is 0 Å². The summed E-state index contributed by atoms with van der Waals surface area (Å²) >= 11 is 0. The maximum Gasteiger partial charge on any atom is 0.150 e.